The number of halogens is 12. The van der Waals surface area contributed by atoms with Crippen molar-refractivity contribution in [1.82, 2.24) is 15.1 Å². The summed E-state index contributed by atoms with van der Waals surface area (Å²) in [6.45, 7) is 0.0623. The van der Waals surface area contributed by atoms with E-state index in [0.717, 1.165) is 12.1 Å². The maximum absolute atomic E-state index is 14.0. The first kappa shape index (κ1) is 34.3. The zero-order valence-electron chi connectivity index (χ0n) is 23.1. The lowest BCUT2D eigenvalue weighted by Crippen LogP contribution is -2.58. The van der Waals surface area contributed by atoms with Crippen molar-refractivity contribution in [1.29, 1.82) is 0 Å². The smallest absolute Gasteiger partial charge is 0.328 e. The van der Waals surface area contributed by atoms with Gasteiger partial charge in [-0.2, -0.15) is 52.7 Å². The maximum atomic E-state index is 14.0. The fourth-order valence-electron chi connectivity index (χ4n) is 5.89. The van der Waals surface area contributed by atoms with E-state index in [4.69, 9.17) is 5.73 Å². The number of nitrogens with zero attached hydrogens (tertiary/aromatic N) is 2. The van der Waals surface area contributed by atoms with Gasteiger partial charge in [0.05, 0.1) is 28.4 Å². The molecule has 0 aliphatic carbocycles. The molecule has 0 saturated carbocycles. The van der Waals surface area contributed by atoms with E-state index in [2.05, 4.69) is 5.32 Å². The van der Waals surface area contributed by atoms with Crippen LogP contribution < -0.4 is 11.1 Å². The zero-order chi connectivity index (χ0) is 32.7. The SMILES string of the molecule is NC1CCN(Cc2ccc(C(F)(F)F)cc2C(F)(F)F)C(N(Cc2ccc(C(F)(F)F)cc2C(F)(F)F)C2CCNCC2)C1. The lowest BCUT2D eigenvalue weighted by molar-refractivity contribution is -0.145. The average Bonchev–Trinajstić information content (AvgIpc) is 2.91. The van der Waals surface area contributed by atoms with Crippen molar-refractivity contribution in [2.24, 2.45) is 5.73 Å². The third kappa shape index (κ3) is 8.17. The fraction of sp³-hybridized carbons (Fsp3) is 0.571. The first-order valence-electron chi connectivity index (χ1n) is 13.8. The maximum Gasteiger partial charge on any atom is 0.416 e. The second-order valence-electron chi connectivity index (χ2n) is 11.1. The molecule has 2 aromatic carbocycles. The first-order chi connectivity index (χ1) is 20.2. The molecule has 2 atom stereocenters. The summed E-state index contributed by atoms with van der Waals surface area (Å²) in [6, 6.07) is 1.75. The van der Waals surface area contributed by atoms with E-state index in [0.29, 0.717) is 44.5 Å². The fourth-order valence-corrected chi connectivity index (χ4v) is 5.89. The number of alkyl halides is 12. The van der Waals surface area contributed by atoms with Gasteiger partial charge in [-0.3, -0.25) is 9.80 Å². The number of hydrogen-bond donors (Lipinski definition) is 2. The van der Waals surface area contributed by atoms with Crippen molar-refractivity contribution in [2.75, 3.05) is 19.6 Å². The van der Waals surface area contributed by atoms with Gasteiger partial charge in [-0.1, -0.05) is 12.1 Å². The number of nitrogens with two attached hydrogens (primary N) is 1. The van der Waals surface area contributed by atoms with Crippen LogP contribution in [0, 0.1) is 0 Å². The monoisotopic (exact) mass is 650 g/mol. The van der Waals surface area contributed by atoms with Crippen LogP contribution >= 0.6 is 0 Å². The highest BCUT2D eigenvalue weighted by molar-refractivity contribution is 5.37. The van der Waals surface area contributed by atoms with Crippen molar-refractivity contribution in [2.45, 2.75) is 81.7 Å². The molecular weight excluding hydrogens is 620 g/mol. The highest BCUT2D eigenvalue weighted by Crippen LogP contribution is 2.41. The van der Waals surface area contributed by atoms with E-state index in [1.165, 1.54) is 0 Å². The quantitative estimate of drug-likeness (QED) is 0.323. The van der Waals surface area contributed by atoms with Crippen molar-refractivity contribution in [3.8, 4) is 0 Å². The molecule has 44 heavy (non-hydrogen) atoms. The molecule has 2 aromatic rings. The van der Waals surface area contributed by atoms with Gasteiger partial charge >= 0.3 is 24.7 Å². The number of rotatable bonds is 6. The number of piperidine rings is 2. The van der Waals surface area contributed by atoms with Crippen LogP contribution in [0.15, 0.2) is 36.4 Å². The topological polar surface area (TPSA) is 44.5 Å². The average molecular weight is 651 g/mol. The molecule has 2 unspecified atom stereocenters. The molecule has 2 fully saturated rings. The Bertz CT molecular complexity index is 1280. The Morgan fingerprint density at radius 1 is 0.705 bits per heavy atom. The summed E-state index contributed by atoms with van der Waals surface area (Å²) in [7, 11) is 0. The lowest BCUT2D eigenvalue weighted by Gasteiger charge is -2.48. The van der Waals surface area contributed by atoms with Crippen LogP contribution in [0.1, 0.15) is 59.1 Å². The summed E-state index contributed by atoms with van der Waals surface area (Å²) in [6.07, 6.45) is -19.9. The van der Waals surface area contributed by atoms with Gasteiger partial charge in [0.15, 0.2) is 0 Å². The third-order valence-electron chi connectivity index (χ3n) is 8.09. The minimum absolute atomic E-state index is 0.0302. The van der Waals surface area contributed by atoms with Gasteiger partial charge in [0, 0.05) is 31.7 Å². The van der Waals surface area contributed by atoms with E-state index in [1.807, 2.05) is 0 Å². The van der Waals surface area contributed by atoms with Gasteiger partial charge in [-0.05, 0) is 74.2 Å². The second kappa shape index (κ2) is 12.7. The van der Waals surface area contributed by atoms with Crippen LogP contribution in [0.25, 0.3) is 0 Å². The molecule has 2 saturated heterocycles. The molecular formula is C28H30F12N4. The van der Waals surface area contributed by atoms with Crippen LogP contribution in [0.3, 0.4) is 0 Å². The highest BCUT2D eigenvalue weighted by atomic mass is 19.4. The Kier molecular flexibility index (Phi) is 9.89. The molecule has 0 spiro atoms. The van der Waals surface area contributed by atoms with E-state index < -0.39 is 89.4 Å². The largest absolute Gasteiger partial charge is 0.416 e. The van der Waals surface area contributed by atoms with Crippen LogP contribution in [0.2, 0.25) is 0 Å². The Hall–Kier alpha value is -2.56. The first-order valence-corrected chi connectivity index (χ1v) is 13.8. The van der Waals surface area contributed by atoms with E-state index in [1.54, 1.807) is 9.80 Å². The molecule has 0 amide bonds. The van der Waals surface area contributed by atoms with Crippen molar-refractivity contribution < 1.29 is 52.7 Å². The van der Waals surface area contributed by atoms with Crippen LogP contribution in [-0.2, 0) is 37.8 Å². The van der Waals surface area contributed by atoms with E-state index >= 15 is 0 Å². The van der Waals surface area contributed by atoms with Crippen LogP contribution in [-0.4, -0.2) is 47.7 Å². The standard InChI is InChI=1S/C28H30F12N4/c29-25(30,31)18-3-1-16(22(11-18)27(35,36)37)14-43-10-7-20(41)13-24(43)44(21-5-8-42-9-6-21)15-17-2-4-19(26(32,33)34)12-23(17)28(38,39)40/h1-4,11-12,20-21,24,42H,5-10,13-15,41H2. The van der Waals surface area contributed by atoms with Crippen molar-refractivity contribution >= 4 is 0 Å². The Morgan fingerprint density at radius 3 is 1.70 bits per heavy atom. The molecule has 0 radical (unpaired) electrons. The molecule has 3 N–H and O–H groups in total. The number of likely N-dealkylation sites (tertiary alicyclic amines) is 1. The molecule has 2 aliphatic heterocycles. The number of nitrogens with one attached hydrogen (secondary N) is 1. The van der Waals surface area contributed by atoms with Gasteiger partial charge in [-0.15, -0.1) is 0 Å². The van der Waals surface area contributed by atoms with Crippen molar-refractivity contribution in [3.05, 3.63) is 69.8 Å². The molecule has 2 aliphatic rings. The summed E-state index contributed by atoms with van der Waals surface area (Å²) >= 11 is 0. The van der Waals surface area contributed by atoms with Gasteiger partial charge in [0.2, 0.25) is 0 Å². The van der Waals surface area contributed by atoms with Gasteiger partial charge in [-0.25, -0.2) is 0 Å². The van der Waals surface area contributed by atoms with Gasteiger partial charge in [0.25, 0.3) is 0 Å². The lowest BCUT2D eigenvalue weighted by atomic mass is 9.94. The normalized spacial score (nSPS) is 21.7. The highest BCUT2D eigenvalue weighted by Gasteiger charge is 2.42. The Morgan fingerprint density at radius 2 is 1.20 bits per heavy atom. The summed E-state index contributed by atoms with van der Waals surface area (Å²) in [4.78, 5) is 3.18. The van der Waals surface area contributed by atoms with E-state index in [9.17, 15) is 52.7 Å². The molecule has 16 heteroatoms. The van der Waals surface area contributed by atoms with Crippen LogP contribution in [0.4, 0.5) is 52.7 Å². The summed E-state index contributed by atoms with van der Waals surface area (Å²) in [5.41, 5.74) is -0.646. The molecule has 0 aromatic heterocycles. The van der Waals surface area contributed by atoms with Crippen molar-refractivity contribution in [3.63, 3.8) is 0 Å². The van der Waals surface area contributed by atoms with E-state index in [-0.39, 0.29) is 25.1 Å². The molecule has 0 bridgehead atoms. The third-order valence-corrected chi connectivity index (χ3v) is 8.09. The number of benzene rings is 2. The zero-order valence-corrected chi connectivity index (χ0v) is 23.1. The summed E-state index contributed by atoms with van der Waals surface area (Å²) in [5.74, 6) is 0. The minimum atomic E-state index is -5.14. The molecule has 2 heterocycles. The molecule has 4 rings (SSSR count). The van der Waals surface area contributed by atoms with Crippen LogP contribution in [0.5, 0.6) is 0 Å². The summed E-state index contributed by atoms with van der Waals surface area (Å²) < 4.78 is 163. The predicted molar refractivity (Wildman–Crippen MR) is 136 cm³/mol. The minimum Gasteiger partial charge on any atom is -0.328 e. The van der Waals surface area contributed by atoms with Gasteiger partial charge < -0.3 is 11.1 Å². The Labute approximate surface area is 245 Å². The number of hydrogen-bond acceptors (Lipinski definition) is 4. The predicted octanol–water partition coefficient (Wildman–Crippen LogP) is 7.27. The molecule has 4 nitrogen and oxygen atoms in total. The second-order valence-corrected chi connectivity index (χ2v) is 11.1. The summed E-state index contributed by atoms with van der Waals surface area (Å²) in [5, 5.41) is 3.11. The molecule has 246 valence electrons. The Balaban J connectivity index is 1.76. The van der Waals surface area contributed by atoms with Gasteiger partial charge in [0.1, 0.15) is 0 Å².